The van der Waals surface area contributed by atoms with Crippen LogP contribution in [0.25, 0.3) is 11.7 Å². The van der Waals surface area contributed by atoms with Crippen LogP contribution in [0.15, 0.2) is 60.8 Å². The van der Waals surface area contributed by atoms with E-state index < -0.39 is 5.76 Å². The lowest BCUT2D eigenvalue weighted by Gasteiger charge is -1.99. The van der Waals surface area contributed by atoms with Gasteiger partial charge in [0, 0.05) is 4.47 Å². The van der Waals surface area contributed by atoms with E-state index in [4.69, 9.17) is 8.83 Å². The van der Waals surface area contributed by atoms with Crippen LogP contribution in [0.1, 0.15) is 5.56 Å². The molecule has 0 N–H and O–H groups in total. The molecule has 0 saturated heterocycles. The number of nitrogens with zero attached hydrogens (tertiary/aromatic N) is 2. The van der Waals surface area contributed by atoms with Gasteiger partial charge in [0.1, 0.15) is 0 Å². The minimum atomic E-state index is -0.508. The van der Waals surface area contributed by atoms with Crippen LogP contribution in [-0.2, 0) is 6.54 Å². The Hall–Kier alpha value is -2.08. The zero-order chi connectivity index (χ0) is 13.2. The van der Waals surface area contributed by atoms with Gasteiger partial charge in [-0.05, 0) is 29.8 Å². The van der Waals surface area contributed by atoms with Crippen molar-refractivity contribution >= 4 is 15.9 Å². The van der Waals surface area contributed by atoms with Gasteiger partial charge in [0.2, 0.25) is 0 Å². The normalized spacial score (nSPS) is 10.8. The van der Waals surface area contributed by atoms with Gasteiger partial charge in [0.25, 0.3) is 5.89 Å². The molecular weight excluding hydrogens is 312 g/mol. The summed E-state index contributed by atoms with van der Waals surface area (Å²) in [6.07, 6.45) is 1.50. The minimum Gasteiger partial charge on any atom is -0.459 e. The average Bonchev–Trinajstić information content (AvgIpc) is 3.00. The van der Waals surface area contributed by atoms with Crippen LogP contribution < -0.4 is 5.76 Å². The molecule has 6 heteroatoms. The molecule has 3 aromatic rings. The van der Waals surface area contributed by atoms with Gasteiger partial charge in [-0.2, -0.15) is 4.68 Å². The molecule has 0 radical (unpaired) electrons. The van der Waals surface area contributed by atoms with Crippen molar-refractivity contribution in [3.8, 4) is 11.7 Å². The molecule has 0 saturated carbocycles. The zero-order valence-corrected chi connectivity index (χ0v) is 11.3. The Morgan fingerprint density at radius 2 is 2.16 bits per heavy atom. The van der Waals surface area contributed by atoms with Crippen LogP contribution in [-0.4, -0.2) is 9.78 Å². The first kappa shape index (κ1) is 12.0. The summed E-state index contributed by atoms with van der Waals surface area (Å²) in [5.74, 6) is 0.112. The predicted molar refractivity (Wildman–Crippen MR) is 71.7 cm³/mol. The molecule has 0 fully saturated rings. The van der Waals surface area contributed by atoms with Crippen LogP contribution >= 0.6 is 15.9 Å². The van der Waals surface area contributed by atoms with E-state index in [1.165, 1.54) is 10.9 Å². The van der Waals surface area contributed by atoms with E-state index >= 15 is 0 Å². The van der Waals surface area contributed by atoms with E-state index in [1.807, 2.05) is 24.3 Å². The van der Waals surface area contributed by atoms with E-state index in [9.17, 15) is 4.79 Å². The highest BCUT2D eigenvalue weighted by atomic mass is 79.9. The molecule has 1 aromatic carbocycles. The molecule has 0 atom stereocenters. The fraction of sp³-hybridized carbons (Fsp3) is 0.0769. The fourth-order valence-corrected chi connectivity index (χ4v) is 2.16. The molecule has 19 heavy (non-hydrogen) atoms. The number of rotatable bonds is 3. The van der Waals surface area contributed by atoms with Gasteiger partial charge >= 0.3 is 5.76 Å². The summed E-state index contributed by atoms with van der Waals surface area (Å²) in [5.41, 5.74) is 0.954. The Balaban J connectivity index is 1.92. The molecule has 96 valence electrons. The van der Waals surface area contributed by atoms with Gasteiger partial charge in [-0.15, -0.1) is 5.10 Å². The third kappa shape index (κ3) is 2.53. The molecular formula is C13H9BrN2O3. The average molecular weight is 321 g/mol. The van der Waals surface area contributed by atoms with E-state index in [2.05, 4.69) is 21.0 Å². The van der Waals surface area contributed by atoms with Gasteiger partial charge in [0.15, 0.2) is 5.76 Å². The second-order valence-electron chi connectivity index (χ2n) is 3.94. The zero-order valence-electron chi connectivity index (χ0n) is 9.75. The van der Waals surface area contributed by atoms with Crippen LogP contribution in [0.5, 0.6) is 0 Å². The van der Waals surface area contributed by atoms with Crippen molar-refractivity contribution in [2.75, 3.05) is 0 Å². The van der Waals surface area contributed by atoms with Crippen LogP contribution in [0, 0.1) is 0 Å². The van der Waals surface area contributed by atoms with Gasteiger partial charge in [0.05, 0.1) is 12.8 Å². The van der Waals surface area contributed by atoms with Gasteiger partial charge in [-0.1, -0.05) is 28.1 Å². The molecule has 3 rings (SSSR count). The summed E-state index contributed by atoms with van der Waals surface area (Å²) < 4.78 is 12.4. The van der Waals surface area contributed by atoms with Gasteiger partial charge < -0.3 is 8.83 Å². The standard InChI is InChI=1S/C13H9BrN2O3/c14-10-4-1-3-9(7-10)8-16-13(17)19-12(15-16)11-5-2-6-18-11/h1-7H,8H2. The van der Waals surface area contributed by atoms with Crippen molar-refractivity contribution in [3.05, 3.63) is 63.2 Å². The van der Waals surface area contributed by atoms with E-state index in [-0.39, 0.29) is 5.89 Å². The summed E-state index contributed by atoms with van der Waals surface area (Å²) in [6.45, 7) is 0.350. The lowest BCUT2D eigenvalue weighted by atomic mass is 10.2. The highest BCUT2D eigenvalue weighted by molar-refractivity contribution is 9.10. The number of hydrogen-bond acceptors (Lipinski definition) is 4. The second-order valence-corrected chi connectivity index (χ2v) is 4.85. The molecule has 0 spiro atoms. The molecule has 0 bridgehead atoms. The smallest absolute Gasteiger partial charge is 0.437 e. The van der Waals surface area contributed by atoms with Crippen molar-refractivity contribution in [1.29, 1.82) is 0 Å². The molecule has 0 unspecified atom stereocenters. The topological polar surface area (TPSA) is 61.2 Å². The Morgan fingerprint density at radius 3 is 2.89 bits per heavy atom. The summed E-state index contributed by atoms with van der Waals surface area (Å²) >= 11 is 3.38. The fourth-order valence-electron chi connectivity index (χ4n) is 1.71. The number of benzene rings is 1. The van der Waals surface area contributed by atoms with Crippen LogP contribution in [0.2, 0.25) is 0 Å². The first-order valence-electron chi connectivity index (χ1n) is 5.58. The minimum absolute atomic E-state index is 0.185. The van der Waals surface area contributed by atoms with E-state index in [0.717, 1.165) is 10.0 Å². The van der Waals surface area contributed by atoms with Crippen LogP contribution in [0.3, 0.4) is 0 Å². The highest BCUT2D eigenvalue weighted by Crippen LogP contribution is 2.16. The van der Waals surface area contributed by atoms with Crippen molar-refractivity contribution < 1.29 is 8.83 Å². The Labute approximate surface area is 116 Å². The van der Waals surface area contributed by atoms with Crippen molar-refractivity contribution in [2.45, 2.75) is 6.54 Å². The molecule has 5 nitrogen and oxygen atoms in total. The number of halogens is 1. The maximum absolute atomic E-state index is 11.7. The molecule has 0 aliphatic carbocycles. The SMILES string of the molecule is O=c1oc(-c2ccco2)nn1Cc1cccc(Br)c1. The quantitative estimate of drug-likeness (QED) is 0.744. The summed E-state index contributed by atoms with van der Waals surface area (Å²) in [4.78, 5) is 11.7. The number of hydrogen-bond donors (Lipinski definition) is 0. The van der Waals surface area contributed by atoms with Crippen molar-refractivity contribution in [1.82, 2.24) is 9.78 Å². The first-order chi connectivity index (χ1) is 9.22. The summed E-state index contributed by atoms with van der Waals surface area (Å²) in [7, 11) is 0. The Morgan fingerprint density at radius 1 is 1.26 bits per heavy atom. The Bertz CT molecular complexity index is 743. The monoisotopic (exact) mass is 320 g/mol. The molecule has 2 aromatic heterocycles. The Kier molecular flexibility index (Phi) is 3.08. The molecule has 0 amide bonds. The van der Waals surface area contributed by atoms with Crippen molar-refractivity contribution in [3.63, 3.8) is 0 Å². The van der Waals surface area contributed by atoms with Gasteiger partial charge in [-0.25, -0.2) is 4.79 Å². The molecule has 0 aliphatic heterocycles. The summed E-state index contributed by atoms with van der Waals surface area (Å²) in [6, 6.07) is 11.1. The van der Waals surface area contributed by atoms with E-state index in [0.29, 0.717) is 12.3 Å². The maximum atomic E-state index is 11.7. The van der Waals surface area contributed by atoms with E-state index in [1.54, 1.807) is 12.1 Å². The number of furan rings is 1. The van der Waals surface area contributed by atoms with Gasteiger partial charge in [-0.3, -0.25) is 0 Å². The van der Waals surface area contributed by atoms with Crippen molar-refractivity contribution in [2.24, 2.45) is 0 Å². The third-order valence-electron chi connectivity index (χ3n) is 2.56. The predicted octanol–water partition coefficient (Wildman–Crippen LogP) is 2.91. The number of aromatic nitrogens is 2. The third-order valence-corrected chi connectivity index (χ3v) is 3.05. The first-order valence-corrected chi connectivity index (χ1v) is 6.38. The summed E-state index contributed by atoms with van der Waals surface area (Å²) in [5, 5.41) is 4.11. The molecule has 0 aliphatic rings. The van der Waals surface area contributed by atoms with Crippen LogP contribution in [0.4, 0.5) is 0 Å². The lowest BCUT2D eigenvalue weighted by molar-refractivity contribution is 0.476. The lowest BCUT2D eigenvalue weighted by Crippen LogP contribution is -2.16. The highest BCUT2D eigenvalue weighted by Gasteiger charge is 2.12. The molecule has 2 heterocycles. The second kappa shape index (κ2) is 4.89. The maximum Gasteiger partial charge on any atom is 0.437 e. The largest absolute Gasteiger partial charge is 0.459 e.